The van der Waals surface area contributed by atoms with Crippen molar-refractivity contribution in [3.8, 4) is 10.6 Å². The number of carbonyl (C=O) groups excluding carboxylic acids is 1. The minimum Gasteiger partial charge on any atom is -0.416 e. The standard InChI is InChI=1S/C18H21N5O3S2/c1-11(2)14(19-16(24)10-28-18-21-20-12(3)26-18)9-23-17(25)7-6-13(22-23)15-5-4-8-27-15/h4-8,11,14H,9-10H2,1-3H3,(H,19,24)/t14-/m1/s1. The maximum atomic E-state index is 12.3. The highest BCUT2D eigenvalue weighted by atomic mass is 32.2. The van der Waals surface area contributed by atoms with Gasteiger partial charge in [0.05, 0.1) is 23.2 Å². The second-order valence-corrected chi connectivity index (χ2v) is 8.38. The van der Waals surface area contributed by atoms with Crippen LogP contribution >= 0.6 is 23.1 Å². The first-order valence-electron chi connectivity index (χ1n) is 8.76. The van der Waals surface area contributed by atoms with E-state index in [1.54, 1.807) is 24.3 Å². The topological polar surface area (TPSA) is 103 Å². The van der Waals surface area contributed by atoms with Gasteiger partial charge in [-0.05, 0) is 23.4 Å². The first kappa shape index (κ1) is 20.3. The van der Waals surface area contributed by atoms with Gasteiger partial charge in [0.15, 0.2) is 0 Å². The molecule has 3 rings (SSSR count). The largest absolute Gasteiger partial charge is 0.416 e. The summed E-state index contributed by atoms with van der Waals surface area (Å²) in [5, 5.41) is 17.4. The van der Waals surface area contributed by atoms with Gasteiger partial charge in [-0.2, -0.15) is 5.10 Å². The van der Waals surface area contributed by atoms with Crippen molar-refractivity contribution in [3.63, 3.8) is 0 Å². The summed E-state index contributed by atoms with van der Waals surface area (Å²) in [5.41, 5.74) is 0.543. The third kappa shape index (κ3) is 5.29. The molecular weight excluding hydrogens is 398 g/mol. The summed E-state index contributed by atoms with van der Waals surface area (Å²) in [4.78, 5) is 25.6. The van der Waals surface area contributed by atoms with Crippen LogP contribution in [0, 0.1) is 12.8 Å². The van der Waals surface area contributed by atoms with Gasteiger partial charge in [0.25, 0.3) is 10.8 Å². The van der Waals surface area contributed by atoms with Gasteiger partial charge in [0.1, 0.15) is 5.69 Å². The van der Waals surface area contributed by atoms with Crippen LogP contribution in [0.3, 0.4) is 0 Å². The van der Waals surface area contributed by atoms with Gasteiger partial charge in [-0.3, -0.25) is 9.59 Å². The highest BCUT2D eigenvalue weighted by Gasteiger charge is 2.19. The van der Waals surface area contributed by atoms with Crippen LogP contribution in [0.5, 0.6) is 0 Å². The average Bonchev–Trinajstić information content (AvgIpc) is 3.33. The molecule has 8 nitrogen and oxygen atoms in total. The van der Waals surface area contributed by atoms with Crippen molar-refractivity contribution in [2.45, 2.75) is 38.6 Å². The van der Waals surface area contributed by atoms with E-state index >= 15 is 0 Å². The van der Waals surface area contributed by atoms with E-state index in [9.17, 15) is 9.59 Å². The molecule has 0 fully saturated rings. The highest BCUT2D eigenvalue weighted by molar-refractivity contribution is 7.99. The van der Waals surface area contributed by atoms with E-state index in [0.717, 1.165) is 10.6 Å². The second kappa shape index (κ2) is 9.16. The molecule has 3 aromatic heterocycles. The van der Waals surface area contributed by atoms with Crippen molar-refractivity contribution in [3.05, 3.63) is 45.9 Å². The predicted molar refractivity (Wildman–Crippen MR) is 108 cm³/mol. The van der Waals surface area contributed by atoms with E-state index in [-0.39, 0.29) is 29.2 Å². The number of carbonyl (C=O) groups is 1. The average molecular weight is 420 g/mol. The van der Waals surface area contributed by atoms with Crippen molar-refractivity contribution in [1.82, 2.24) is 25.3 Å². The highest BCUT2D eigenvalue weighted by Crippen LogP contribution is 2.21. The number of hydrogen-bond acceptors (Lipinski definition) is 8. The molecule has 0 unspecified atom stereocenters. The van der Waals surface area contributed by atoms with Crippen molar-refractivity contribution in [2.24, 2.45) is 5.92 Å². The number of amides is 1. The van der Waals surface area contributed by atoms with Crippen molar-refractivity contribution in [2.75, 3.05) is 5.75 Å². The van der Waals surface area contributed by atoms with E-state index in [2.05, 4.69) is 20.6 Å². The first-order chi connectivity index (χ1) is 13.4. The Bertz CT molecular complexity index is 981. The van der Waals surface area contributed by atoms with Gasteiger partial charge < -0.3 is 9.73 Å². The zero-order valence-corrected chi connectivity index (χ0v) is 17.4. The van der Waals surface area contributed by atoms with E-state index in [1.165, 1.54) is 22.5 Å². The Morgan fingerprint density at radius 3 is 2.79 bits per heavy atom. The van der Waals surface area contributed by atoms with Crippen LogP contribution in [0.25, 0.3) is 10.6 Å². The monoisotopic (exact) mass is 419 g/mol. The lowest BCUT2D eigenvalue weighted by Gasteiger charge is -2.22. The zero-order chi connectivity index (χ0) is 20.1. The number of thiophene rings is 1. The Balaban J connectivity index is 1.66. The normalized spacial score (nSPS) is 12.3. The van der Waals surface area contributed by atoms with Crippen LogP contribution in [0.4, 0.5) is 0 Å². The summed E-state index contributed by atoms with van der Waals surface area (Å²) in [6, 6.07) is 6.89. The van der Waals surface area contributed by atoms with Gasteiger partial charge in [-0.1, -0.05) is 31.7 Å². The molecule has 3 aromatic rings. The summed E-state index contributed by atoms with van der Waals surface area (Å²) in [5.74, 6) is 0.572. The Kier molecular flexibility index (Phi) is 6.63. The smallest absolute Gasteiger partial charge is 0.277 e. The van der Waals surface area contributed by atoms with Crippen LogP contribution in [-0.2, 0) is 11.3 Å². The molecule has 0 aliphatic rings. The third-order valence-corrected chi connectivity index (χ3v) is 5.71. The molecule has 0 aliphatic carbocycles. The maximum Gasteiger partial charge on any atom is 0.277 e. The summed E-state index contributed by atoms with van der Waals surface area (Å²) in [6.07, 6.45) is 0. The molecule has 0 spiro atoms. The molecule has 148 valence electrons. The SMILES string of the molecule is Cc1nnc(SCC(=O)N[C@H](Cn2nc(-c3cccs3)ccc2=O)C(C)C)o1. The predicted octanol–water partition coefficient (Wildman–Crippen LogP) is 2.60. The number of nitrogens with zero attached hydrogens (tertiary/aromatic N) is 4. The molecule has 0 radical (unpaired) electrons. The number of rotatable bonds is 8. The number of nitrogens with one attached hydrogen (secondary N) is 1. The van der Waals surface area contributed by atoms with Crippen LogP contribution in [0.2, 0.25) is 0 Å². The van der Waals surface area contributed by atoms with Crippen LogP contribution in [0.1, 0.15) is 19.7 Å². The summed E-state index contributed by atoms with van der Waals surface area (Å²) in [6.45, 7) is 5.98. The lowest BCUT2D eigenvalue weighted by molar-refractivity contribution is -0.119. The van der Waals surface area contributed by atoms with Gasteiger partial charge in [0, 0.05) is 13.0 Å². The fourth-order valence-electron chi connectivity index (χ4n) is 2.46. The van der Waals surface area contributed by atoms with E-state index in [1.807, 2.05) is 31.4 Å². The van der Waals surface area contributed by atoms with Gasteiger partial charge in [-0.25, -0.2) is 4.68 Å². The third-order valence-electron chi connectivity index (χ3n) is 4.00. The summed E-state index contributed by atoms with van der Waals surface area (Å²) < 4.78 is 6.66. The molecule has 0 aliphatic heterocycles. The minimum absolute atomic E-state index is 0.124. The molecule has 0 bridgehead atoms. The van der Waals surface area contributed by atoms with Crippen molar-refractivity contribution in [1.29, 1.82) is 0 Å². The van der Waals surface area contributed by atoms with Crippen molar-refractivity contribution >= 4 is 29.0 Å². The van der Waals surface area contributed by atoms with Gasteiger partial charge >= 0.3 is 0 Å². The Morgan fingerprint density at radius 2 is 2.14 bits per heavy atom. The molecule has 0 saturated heterocycles. The van der Waals surface area contributed by atoms with Crippen LogP contribution in [-0.4, -0.2) is 37.7 Å². The van der Waals surface area contributed by atoms with Gasteiger partial charge in [-0.15, -0.1) is 21.5 Å². The molecule has 10 heteroatoms. The van der Waals surface area contributed by atoms with E-state index in [4.69, 9.17) is 4.42 Å². The van der Waals surface area contributed by atoms with Crippen molar-refractivity contribution < 1.29 is 9.21 Å². The Morgan fingerprint density at radius 1 is 1.32 bits per heavy atom. The molecule has 1 N–H and O–H groups in total. The Hall–Kier alpha value is -2.46. The van der Waals surface area contributed by atoms with Gasteiger partial charge in [0.2, 0.25) is 11.8 Å². The second-order valence-electron chi connectivity index (χ2n) is 6.51. The molecule has 28 heavy (non-hydrogen) atoms. The fourth-order valence-corrected chi connectivity index (χ4v) is 3.76. The molecule has 1 atom stereocenters. The molecule has 0 aromatic carbocycles. The Labute approximate surface area is 170 Å². The lowest BCUT2D eigenvalue weighted by atomic mass is 10.0. The van der Waals surface area contributed by atoms with Crippen LogP contribution in [0.15, 0.2) is 44.1 Å². The number of thioether (sulfide) groups is 1. The molecular formula is C18H21N5O3S2. The number of aryl methyl sites for hydroxylation is 1. The number of aromatic nitrogens is 4. The van der Waals surface area contributed by atoms with Crippen LogP contribution < -0.4 is 10.9 Å². The minimum atomic E-state index is -0.235. The fraction of sp³-hybridized carbons (Fsp3) is 0.389. The van der Waals surface area contributed by atoms with E-state index < -0.39 is 0 Å². The quantitative estimate of drug-likeness (QED) is 0.560. The summed E-state index contributed by atoms with van der Waals surface area (Å²) in [7, 11) is 0. The molecule has 3 heterocycles. The van der Waals surface area contributed by atoms with E-state index in [0.29, 0.717) is 17.7 Å². The lowest BCUT2D eigenvalue weighted by Crippen LogP contribution is -2.44. The number of hydrogen-bond donors (Lipinski definition) is 1. The maximum absolute atomic E-state index is 12.3. The first-order valence-corrected chi connectivity index (χ1v) is 10.6. The zero-order valence-electron chi connectivity index (χ0n) is 15.8. The molecule has 0 saturated carbocycles. The summed E-state index contributed by atoms with van der Waals surface area (Å²) >= 11 is 2.74. The molecule has 1 amide bonds.